The van der Waals surface area contributed by atoms with Crippen molar-refractivity contribution in [1.29, 1.82) is 0 Å². The molecule has 1 N–H and O–H groups in total. The molecule has 0 radical (unpaired) electrons. The van der Waals surface area contributed by atoms with E-state index in [0.29, 0.717) is 24.1 Å². The third-order valence-corrected chi connectivity index (χ3v) is 4.98. The summed E-state index contributed by atoms with van der Waals surface area (Å²) in [6.45, 7) is 8.55. The molecule has 0 unspecified atom stereocenters. The lowest BCUT2D eigenvalue weighted by atomic mass is 9.92. The highest BCUT2D eigenvalue weighted by molar-refractivity contribution is 9.10. The molecule has 0 aromatic carbocycles. The minimum Gasteiger partial charge on any atom is -0.379 e. The lowest BCUT2D eigenvalue weighted by Crippen LogP contribution is -2.52. The second-order valence-corrected chi connectivity index (χ2v) is 6.81. The van der Waals surface area contributed by atoms with E-state index in [1.54, 1.807) is 18.5 Å². The number of pyridine rings is 1. The van der Waals surface area contributed by atoms with E-state index in [2.05, 4.69) is 45.0 Å². The first kappa shape index (κ1) is 18.4. The summed E-state index contributed by atoms with van der Waals surface area (Å²) in [4.78, 5) is 18.9. The Bertz CT molecular complexity index is 502. The molecule has 1 atom stereocenters. The number of aromatic nitrogens is 1. The van der Waals surface area contributed by atoms with Crippen molar-refractivity contribution >= 4 is 21.8 Å². The van der Waals surface area contributed by atoms with Crippen LogP contribution in [0.5, 0.6) is 0 Å². The molecule has 2 rings (SSSR count). The van der Waals surface area contributed by atoms with Gasteiger partial charge in [0.25, 0.3) is 5.91 Å². The summed E-state index contributed by atoms with van der Waals surface area (Å²) in [5, 5.41) is 3.09. The van der Waals surface area contributed by atoms with Crippen LogP contribution >= 0.6 is 15.9 Å². The highest BCUT2D eigenvalue weighted by Gasteiger charge is 2.27. The van der Waals surface area contributed by atoms with Crippen molar-refractivity contribution in [3.8, 4) is 0 Å². The molecular weight excluding hydrogens is 358 g/mol. The molecule has 6 heteroatoms. The maximum absolute atomic E-state index is 12.4. The fraction of sp³-hybridized carbons (Fsp3) is 0.647. The van der Waals surface area contributed by atoms with Crippen LogP contribution in [0.2, 0.25) is 0 Å². The van der Waals surface area contributed by atoms with Crippen molar-refractivity contribution in [3.63, 3.8) is 0 Å². The SMILES string of the molecule is CCC(CC)[C@@H](CNC(=O)c1cncc(Br)c1)N1CCOCC1. The van der Waals surface area contributed by atoms with Crippen molar-refractivity contribution in [2.75, 3.05) is 32.8 Å². The smallest absolute Gasteiger partial charge is 0.252 e. The van der Waals surface area contributed by atoms with E-state index in [9.17, 15) is 4.79 Å². The topological polar surface area (TPSA) is 54.5 Å². The largest absolute Gasteiger partial charge is 0.379 e. The second kappa shape index (κ2) is 9.35. The van der Waals surface area contributed by atoms with Crippen molar-refractivity contribution in [3.05, 3.63) is 28.5 Å². The molecule has 0 bridgehead atoms. The number of carbonyl (C=O) groups is 1. The fourth-order valence-electron chi connectivity index (χ4n) is 3.17. The lowest BCUT2D eigenvalue weighted by Gasteiger charge is -2.38. The fourth-order valence-corrected chi connectivity index (χ4v) is 3.54. The Morgan fingerprint density at radius 3 is 2.65 bits per heavy atom. The predicted molar refractivity (Wildman–Crippen MR) is 94.5 cm³/mol. The van der Waals surface area contributed by atoms with Crippen LogP contribution in [-0.2, 0) is 4.74 Å². The first-order valence-electron chi connectivity index (χ1n) is 8.36. The van der Waals surface area contributed by atoms with E-state index in [0.717, 1.165) is 43.6 Å². The van der Waals surface area contributed by atoms with Crippen LogP contribution in [0.15, 0.2) is 22.9 Å². The summed E-state index contributed by atoms with van der Waals surface area (Å²) in [6, 6.07) is 2.15. The van der Waals surface area contributed by atoms with Gasteiger partial charge in [0.2, 0.25) is 0 Å². The highest BCUT2D eigenvalue weighted by Crippen LogP contribution is 2.20. The van der Waals surface area contributed by atoms with Gasteiger partial charge in [-0.2, -0.15) is 0 Å². The monoisotopic (exact) mass is 383 g/mol. The van der Waals surface area contributed by atoms with Crippen LogP contribution in [0, 0.1) is 5.92 Å². The summed E-state index contributed by atoms with van der Waals surface area (Å²) in [5.41, 5.74) is 0.588. The Morgan fingerprint density at radius 2 is 2.04 bits per heavy atom. The highest BCUT2D eigenvalue weighted by atomic mass is 79.9. The number of nitrogens with zero attached hydrogens (tertiary/aromatic N) is 2. The molecule has 1 aromatic rings. The number of rotatable bonds is 7. The first-order valence-corrected chi connectivity index (χ1v) is 9.15. The minimum absolute atomic E-state index is 0.0667. The van der Waals surface area contributed by atoms with E-state index in [-0.39, 0.29) is 5.91 Å². The van der Waals surface area contributed by atoms with Gasteiger partial charge < -0.3 is 10.1 Å². The van der Waals surface area contributed by atoms with Gasteiger partial charge in [0.1, 0.15) is 0 Å². The maximum atomic E-state index is 12.4. The molecular formula is C17H26BrN3O2. The van der Waals surface area contributed by atoms with Gasteiger partial charge in [0, 0.05) is 42.5 Å². The molecule has 1 saturated heterocycles. The minimum atomic E-state index is -0.0667. The molecule has 1 amide bonds. The number of ether oxygens (including phenoxy) is 1. The average Bonchev–Trinajstić information content (AvgIpc) is 2.59. The number of halogens is 1. The van der Waals surface area contributed by atoms with Crippen molar-refractivity contribution in [1.82, 2.24) is 15.2 Å². The lowest BCUT2D eigenvalue weighted by molar-refractivity contribution is 0.00191. The van der Waals surface area contributed by atoms with Gasteiger partial charge in [-0.3, -0.25) is 14.7 Å². The van der Waals surface area contributed by atoms with Gasteiger partial charge in [0.15, 0.2) is 0 Å². The quantitative estimate of drug-likeness (QED) is 0.786. The molecule has 5 nitrogen and oxygen atoms in total. The van der Waals surface area contributed by atoms with E-state index in [1.165, 1.54) is 0 Å². The number of amides is 1. The van der Waals surface area contributed by atoms with Crippen LogP contribution in [0.25, 0.3) is 0 Å². The average molecular weight is 384 g/mol. The Morgan fingerprint density at radius 1 is 1.35 bits per heavy atom. The zero-order valence-corrected chi connectivity index (χ0v) is 15.5. The second-order valence-electron chi connectivity index (χ2n) is 5.89. The molecule has 0 aliphatic carbocycles. The molecule has 128 valence electrons. The Balaban J connectivity index is 2.00. The maximum Gasteiger partial charge on any atom is 0.252 e. The number of nitrogens with one attached hydrogen (secondary N) is 1. The summed E-state index contributed by atoms with van der Waals surface area (Å²) >= 11 is 3.35. The normalized spacial score (nSPS) is 17.2. The predicted octanol–water partition coefficient (Wildman–Crippen LogP) is 2.71. The van der Waals surface area contributed by atoms with Gasteiger partial charge in [-0.25, -0.2) is 0 Å². The third kappa shape index (κ3) is 5.26. The third-order valence-electron chi connectivity index (χ3n) is 4.55. The number of hydrogen-bond acceptors (Lipinski definition) is 4. The summed E-state index contributed by atoms with van der Waals surface area (Å²) in [6.07, 6.45) is 5.51. The van der Waals surface area contributed by atoms with E-state index < -0.39 is 0 Å². The van der Waals surface area contributed by atoms with Crippen LogP contribution in [0.1, 0.15) is 37.0 Å². The molecule has 23 heavy (non-hydrogen) atoms. The van der Waals surface area contributed by atoms with E-state index in [1.807, 2.05) is 0 Å². The molecule has 1 aromatic heterocycles. The number of carbonyl (C=O) groups excluding carboxylic acids is 1. The number of hydrogen-bond donors (Lipinski definition) is 1. The summed E-state index contributed by atoms with van der Waals surface area (Å²) in [7, 11) is 0. The number of morpholine rings is 1. The van der Waals surface area contributed by atoms with E-state index >= 15 is 0 Å². The van der Waals surface area contributed by atoms with Crippen molar-refractivity contribution < 1.29 is 9.53 Å². The van der Waals surface area contributed by atoms with Crippen molar-refractivity contribution in [2.45, 2.75) is 32.7 Å². The van der Waals surface area contributed by atoms with Gasteiger partial charge in [-0.05, 0) is 27.9 Å². The Hall–Kier alpha value is -0.980. The first-order chi connectivity index (χ1) is 11.2. The van der Waals surface area contributed by atoms with Crippen LogP contribution in [0.3, 0.4) is 0 Å². The summed E-state index contributed by atoms with van der Waals surface area (Å²) in [5.74, 6) is 0.511. The Kier molecular flexibility index (Phi) is 7.46. The van der Waals surface area contributed by atoms with Gasteiger partial charge >= 0.3 is 0 Å². The molecule has 1 aliphatic rings. The van der Waals surface area contributed by atoms with Gasteiger partial charge in [-0.1, -0.05) is 26.7 Å². The molecule has 0 saturated carbocycles. The van der Waals surface area contributed by atoms with Crippen LogP contribution in [0.4, 0.5) is 0 Å². The van der Waals surface area contributed by atoms with Crippen LogP contribution in [-0.4, -0.2) is 54.7 Å². The zero-order chi connectivity index (χ0) is 16.7. The van der Waals surface area contributed by atoms with Crippen molar-refractivity contribution in [2.24, 2.45) is 5.92 Å². The van der Waals surface area contributed by atoms with Crippen LogP contribution < -0.4 is 5.32 Å². The zero-order valence-electron chi connectivity index (χ0n) is 13.9. The van der Waals surface area contributed by atoms with E-state index in [4.69, 9.17) is 4.74 Å². The molecule has 2 heterocycles. The standard InChI is InChI=1S/C17H26BrN3O2/c1-3-13(4-2)16(21-5-7-23-8-6-21)12-20-17(22)14-9-15(18)11-19-10-14/h9-11,13,16H,3-8,12H2,1-2H3,(H,20,22)/t16-/m1/s1. The molecule has 1 aliphatic heterocycles. The molecule has 0 spiro atoms. The Labute approximate surface area is 146 Å². The molecule has 1 fully saturated rings. The van der Waals surface area contributed by atoms with Gasteiger partial charge in [0.05, 0.1) is 18.8 Å². The summed E-state index contributed by atoms with van der Waals surface area (Å²) < 4.78 is 6.28. The van der Waals surface area contributed by atoms with Gasteiger partial charge in [-0.15, -0.1) is 0 Å².